The van der Waals surface area contributed by atoms with Gasteiger partial charge in [-0.3, -0.25) is 4.79 Å². The Labute approximate surface area is 121 Å². The molecule has 6 heteroatoms. The van der Waals surface area contributed by atoms with Gasteiger partial charge in [-0.15, -0.1) is 34.5 Å². The highest BCUT2D eigenvalue weighted by Crippen LogP contribution is 2.53. The monoisotopic (exact) mass is 306 g/mol. The fraction of sp³-hybridized carbons (Fsp3) is 0.667. The Bertz CT molecular complexity index is 459. The molecule has 2 rings (SSSR count). The Morgan fingerprint density at radius 1 is 1.56 bits per heavy atom. The number of halogens is 2. The van der Waals surface area contributed by atoms with Crippen LogP contribution in [0.3, 0.4) is 0 Å². The minimum Gasteiger partial charge on any atom is -0.302 e. The number of carbonyl (C=O) groups is 1. The molecular weight excluding hydrogens is 291 g/mol. The van der Waals surface area contributed by atoms with Crippen LogP contribution in [0.25, 0.3) is 0 Å². The van der Waals surface area contributed by atoms with E-state index in [9.17, 15) is 4.79 Å². The average Bonchev–Trinajstić information content (AvgIpc) is 2.78. The number of anilines is 1. The van der Waals surface area contributed by atoms with Crippen LogP contribution in [0.2, 0.25) is 0 Å². The fourth-order valence-electron chi connectivity index (χ4n) is 1.84. The number of amides is 1. The number of nitrogens with one attached hydrogen (secondary N) is 1. The van der Waals surface area contributed by atoms with Crippen LogP contribution in [0.4, 0.5) is 5.13 Å². The van der Waals surface area contributed by atoms with Gasteiger partial charge < -0.3 is 5.32 Å². The molecule has 1 amide bonds. The summed E-state index contributed by atoms with van der Waals surface area (Å²) in [5.41, 5.74) is 1.10. The topological polar surface area (TPSA) is 42.0 Å². The van der Waals surface area contributed by atoms with Gasteiger partial charge in [0, 0.05) is 4.88 Å². The van der Waals surface area contributed by atoms with Gasteiger partial charge in [-0.1, -0.05) is 20.3 Å². The Kier molecular flexibility index (Phi) is 4.19. The lowest BCUT2D eigenvalue weighted by Crippen LogP contribution is -2.16. The summed E-state index contributed by atoms with van der Waals surface area (Å²) >= 11 is 13.3. The van der Waals surface area contributed by atoms with Crippen molar-refractivity contribution in [3.63, 3.8) is 0 Å². The van der Waals surface area contributed by atoms with Crippen molar-refractivity contribution in [2.75, 3.05) is 5.32 Å². The molecule has 0 aromatic carbocycles. The molecule has 1 aliphatic carbocycles. The zero-order chi connectivity index (χ0) is 13.3. The van der Waals surface area contributed by atoms with E-state index in [1.54, 1.807) is 11.3 Å². The van der Waals surface area contributed by atoms with Gasteiger partial charge in [0.2, 0.25) is 5.91 Å². The van der Waals surface area contributed by atoms with Crippen molar-refractivity contribution in [3.8, 4) is 0 Å². The number of carbonyl (C=O) groups excluding carboxylic acids is 1. The molecule has 1 atom stereocenters. The van der Waals surface area contributed by atoms with Gasteiger partial charge in [0.05, 0.1) is 11.6 Å². The summed E-state index contributed by atoms with van der Waals surface area (Å²) in [5.74, 6) is -0.427. The largest absolute Gasteiger partial charge is 0.302 e. The first kappa shape index (κ1) is 14.1. The molecule has 0 spiro atoms. The van der Waals surface area contributed by atoms with Crippen molar-refractivity contribution >= 4 is 45.6 Å². The minimum atomic E-state index is -0.874. The number of hydrogen-bond donors (Lipinski definition) is 1. The molecule has 1 unspecified atom stereocenters. The second-order valence-corrected chi connectivity index (χ2v) is 7.13. The van der Waals surface area contributed by atoms with Crippen molar-refractivity contribution in [2.24, 2.45) is 5.92 Å². The number of aryl methyl sites for hydroxylation is 2. The zero-order valence-electron chi connectivity index (χ0n) is 10.4. The maximum Gasteiger partial charge on any atom is 0.232 e. The second kappa shape index (κ2) is 5.35. The van der Waals surface area contributed by atoms with Gasteiger partial charge in [-0.2, -0.15) is 0 Å². The highest BCUT2D eigenvalue weighted by Gasteiger charge is 2.56. The van der Waals surface area contributed by atoms with Crippen LogP contribution >= 0.6 is 34.5 Å². The molecule has 1 aromatic rings. The number of alkyl halides is 2. The predicted octanol–water partition coefficient (Wildman–Crippen LogP) is 3.79. The quantitative estimate of drug-likeness (QED) is 0.841. The summed E-state index contributed by atoms with van der Waals surface area (Å²) in [6.45, 7) is 4.22. The van der Waals surface area contributed by atoms with Crippen LogP contribution in [0.5, 0.6) is 0 Å². The molecule has 1 heterocycles. The number of aromatic nitrogens is 1. The Hall–Kier alpha value is -0.320. The molecule has 0 radical (unpaired) electrons. The van der Waals surface area contributed by atoms with Crippen molar-refractivity contribution in [2.45, 2.75) is 43.9 Å². The molecule has 18 heavy (non-hydrogen) atoms. The lowest BCUT2D eigenvalue weighted by atomic mass is 10.2. The normalized spacial score (nSPS) is 20.8. The SMILES string of the molecule is CCCc1nc(NC(=O)C2CC2(Cl)Cl)sc1CC. The summed E-state index contributed by atoms with van der Waals surface area (Å²) in [4.78, 5) is 17.6. The molecule has 1 aliphatic rings. The second-order valence-electron chi connectivity index (χ2n) is 4.50. The van der Waals surface area contributed by atoms with Crippen LogP contribution in [0.1, 0.15) is 37.3 Å². The first-order valence-corrected chi connectivity index (χ1v) is 7.72. The lowest BCUT2D eigenvalue weighted by Gasteiger charge is -2.00. The third-order valence-electron chi connectivity index (χ3n) is 2.96. The molecular formula is C12H16Cl2N2OS. The van der Waals surface area contributed by atoms with E-state index in [-0.39, 0.29) is 11.8 Å². The van der Waals surface area contributed by atoms with Crippen LogP contribution in [0, 0.1) is 5.92 Å². The zero-order valence-corrected chi connectivity index (χ0v) is 12.8. The Morgan fingerprint density at radius 2 is 2.22 bits per heavy atom. The van der Waals surface area contributed by atoms with E-state index in [0.29, 0.717) is 11.6 Å². The van der Waals surface area contributed by atoms with Gasteiger partial charge in [0.25, 0.3) is 0 Å². The Balaban J connectivity index is 2.03. The first-order chi connectivity index (χ1) is 8.47. The average molecular weight is 307 g/mol. The molecule has 1 fully saturated rings. The van der Waals surface area contributed by atoms with E-state index in [2.05, 4.69) is 24.1 Å². The number of hydrogen-bond acceptors (Lipinski definition) is 3. The van der Waals surface area contributed by atoms with Crippen molar-refractivity contribution in [1.82, 2.24) is 4.98 Å². The van der Waals surface area contributed by atoms with Crippen LogP contribution in [-0.4, -0.2) is 15.2 Å². The highest BCUT2D eigenvalue weighted by atomic mass is 35.5. The maximum absolute atomic E-state index is 11.8. The van der Waals surface area contributed by atoms with Crippen molar-refractivity contribution in [1.29, 1.82) is 0 Å². The van der Waals surface area contributed by atoms with Gasteiger partial charge in [0.15, 0.2) is 5.13 Å². The molecule has 3 nitrogen and oxygen atoms in total. The third-order valence-corrected chi connectivity index (χ3v) is 4.95. The Morgan fingerprint density at radius 3 is 2.72 bits per heavy atom. The van der Waals surface area contributed by atoms with Crippen LogP contribution < -0.4 is 5.32 Å². The minimum absolute atomic E-state index is 0.126. The summed E-state index contributed by atoms with van der Waals surface area (Å²) in [6, 6.07) is 0. The smallest absolute Gasteiger partial charge is 0.232 e. The first-order valence-electron chi connectivity index (χ1n) is 6.15. The van der Waals surface area contributed by atoms with Crippen LogP contribution in [-0.2, 0) is 17.6 Å². The number of thiazole rings is 1. The number of rotatable bonds is 5. The molecule has 0 saturated heterocycles. The van der Waals surface area contributed by atoms with E-state index in [4.69, 9.17) is 23.2 Å². The van der Waals surface area contributed by atoms with E-state index >= 15 is 0 Å². The van der Waals surface area contributed by atoms with E-state index in [1.165, 1.54) is 4.88 Å². The molecule has 1 aromatic heterocycles. The van der Waals surface area contributed by atoms with Crippen molar-refractivity contribution < 1.29 is 4.79 Å². The maximum atomic E-state index is 11.8. The lowest BCUT2D eigenvalue weighted by molar-refractivity contribution is -0.117. The molecule has 1 N–H and O–H groups in total. The van der Waals surface area contributed by atoms with Crippen LogP contribution in [0.15, 0.2) is 0 Å². The predicted molar refractivity (Wildman–Crippen MR) is 76.7 cm³/mol. The molecule has 1 saturated carbocycles. The molecule has 0 bridgehead atoms. The third kappa shape index (κ3) is 2.98. The number of nitrogens with zero attached hydrogens (tertiary/aromatic N) is 1. The molecule has 100 valence electrons. The summed E-state index contributed by atoms with van der Waals surface area (Å²) in [5, 5.41) is 3.48. The fourth-order valence-corrected chi connectivity index (χ4v) is 3.29. The van der Waals surface area contributed by atoms with E-state index in [1.807, 2.05) is 0 Å². The summed E-state index contributed by atoms with van der Waals surface area (Å²) in [6.07, 6.45) is 3.48. The van der Waals surface area contributed by atoms with Gasteiger partial charge in [-0.05, 0) is 19.3 Å². The van der Waals surface area contributed by atoms with Gasteiger partial charge in [0.1, 0.15) is 4.33 Å². The van der Waals surface area contributed by atoms with Crippen molar-refractivity contribution in [3.05, 3.63) is 10.6 Å². The van der Waals surface area contributed by atoms with Gasteiger partial charge >= 0.3 is 0 Å². The van der Waals surface area contributed by atoms with E-state index < -0.39 is 4.33 Å². The van der Waals surface area contributed by atoms with E-state index in [0.717, 1.165) is 25.0 Å². The summed E-state index contributed by atoms with van der Waals surface area (Å²) in [7, 11) is 0. The highest BCUT2D eigenvalue weighted by molar-refractivity contribution is 7.15. The summed E-state index contributed by atoms with van der Waals surface area (Å²) < 4.78 is -0.874. The van der Waals surface area contributed by atoms with Gasteiger partial charge in [-0.25, -0.2) is 4.98 Å². The standard InChI is InChI=1S/C12H16Cl2N2OS/c1-3-5-8-9(4-2)18-11(15-8)16-10(17)7-6-12(7,13)14/h7H,3-6H2,1-2H3,(H,15,16,17). The molecule has 0 aliphatic heterocycles.